The Morgan fingerprint density at radius 1 is 1.08 bits per heavy atom. The fourth-order valence-corrected chi connectivity index (χ4v) is 3.52. The van der Waals surface area contributed by atoms with Gasteiger partial charge in [-0.25, -0.2) is 0 Å². The van der Waals surface area contributed by atoms with E-state index in [-0.39, 0.29) is 0 Å². The van der Waals surface area contributed by atoms with Gasteiger partial charge in [-0.1, -0.05) is 64.7 Å². The molecule has 0 saturated heterocycles. The SMILES string of the molecule is CCCCCC1([SiH3])CCCCC1. The lowest BCUT2D eigenvalue weighted by Crippen LogP contribution is -2.16. The minimum atomic E-state index is 0.868. The van der Waals surface area contributed by atoms with Gasteiger partial charge in [0.2, 0.25) is 0 Å². The van der Waals surface area contributed by atoms with Gasteiger partial charge >= 0.3 is 0 Å². The second-order valence-electron chi connectivity index (χ2n) is 4.83. The Morgan fingerprint density at radius 2 is 1.75 bits per heavy atom. The van der Waals surface area contributed by atoms with Crippen LogP contribution in [0.15, 0.2) is 0 Å². The fourth-order valence-electron chi connectivity index (χ4n) is 2.46. The van der Waals surface area contributed by atoms with Gasteiger partial charge in [-0.05, 0) is 5.04 Å². The molecule has 0 aromatic carbocycles. The van der Waals surface area contributed by atoms with Crippen molar-refractivity contribution in [3.8, 4) is 0 Å². The third-order valence-electron chi connectivity index (χ3n) is 3.44. The molecule has 0 spiro atoms. The van der Waals surface area contributed by atoms with E-state index in [0.29, 0.717) is 0 Å². The molecule has 0 unspecified atom stereocenters. The molecule has 0 bridgehead atoms. The van der Waals surface area contributed by atoms with E-state index in [4.69, 9.17) is 0 Å². The Labute approximate surface area is 80.6 Å². The summed E-state index contributed by atoms with van der Waals surface area (Å²) < 4.78 is 0. The van der Waals surface area contributed by atoms with E-state index in [1.54, 1.807) is 19.3 Å². The normalized spacial score (nSPS) is 22.8. The Balaban J connectivity index is 2.17. The number of hydrogen-bond acceptors (Lipinski definition) is 0. The summed E-state index contributed by atoms with van der Waals surface area (Å²) in [6, 6.07) is 0. The highest BCUT2D eigenvalue weighted by Crippen LogP contribution is 2.43. The van der Waals surface area contributed by atoms with Crippen molar-refractivity contribution in [2.75, 3.05) is 0 Å². The van der Waals surface area contributed by atoms with Crippen molar-refractivity contribution in [2.24, 2.45) is 0 Å². The predicted molar refractivity (Wildman–Crippen MR) is 59.9 cm³/mol. The Bertz CT molecular complexity index is 114. The predicted octanol–water partition coefficient (Wildman–Crippen LogP) is 3.05. The second-order valence-corrected chi connectivity index (χ2v) is 6.95. The summed E-state index contributed by atoms with van der Waals surface area (Å²) in [5, 5.41) is 0.868. The van der Waals surface area contributed by atoms with Crippen molar-refractivity contribution < 1.29 is 0 Å². The average molecular weight is 184 g/mol. The van der Waals surface area contributed by atoms with Gasteiger partial charge in [0.05, 0.1) is 0 Å². The molecule has 72 valence electrons. The minimum absolute atomic E-state index is 0.868. The Kier molecular flexibility index (Phi) is 4.34. The molecule has 0 aliphatic heterocycles. The van der Waals surface area contributed by atoms with Crippen LogP contribution in [0.2, 0.25) is 5.04 Å². The third-order valence-corrected chi connectivity index (χ3v) is 4.94. The molecular formula is C11H24Si. The lowest BCUT2D eigenvalue weighted by molar-refractivity contribution is 0.349. The highest BCUT2D eigenvalue weighted by molar-refractivity contribution is 6.15. The van der Waals surface area contributed by atoms with E-state index in [0.717, 1.165) is 5.04 Å². The zero-order valence-corrected chi connectivity index (χ0v) is 10.9. The van der Waals surface area contributed by atoms with Crippen LogP contribution >= 0.6 is 0 Å². The molecule has 1 saturated carbocycles. The molecule has 0 N–H and O–H groups in total. The molecule has 0 heterocycles. The summed E-state index contributed by atoms with van der Waals surface area (Å²) in [5.41, 5.74) is 0. The summed E-state index contributed by atoms with van der Waals surface area (Å²) in [4.78, 5) is 0. The molecule has 0 radical (unpaired) electrons. The summed E-state index contributed by atoms with van der Waals surface area (Å²) in [5.74, 6) is 0. The first kappa shape index (κ1) is 10.3. The van der Waals surface area contributed by atoms with Crippen molar-refractivity contribution in [1.82, 2.24) is 0 Å². The monoisotopic (exact) mass is 184 g/mol. The molecule has 0 aromatic heterocycles. The molecule has 1 aliphatic carbocycles. The van der Waals surface area contributed by atoms with Crippen LogP contribution in [0.1, 0.15) is 64.7 Å². The van der Waals surface area contributed by atoms with Gasteiger partial charge in [0.1, 0.15) is 0 Å². The molecule has 1 heteroatoms. The van der Waals surface area contributed by atoms with E-state index in [2.05, 4.69) is 6.92 Å². The zero-order valence-electron chi connectivity index (χ0n) is 8.86. The first-order valence-electron chi connectivity index (χ1n) is 5.77. The Morgan fingerprint density at radius 3 is 2.33 bits per heavy atom. The van der Waals surface area contributed by atoms with Crippen LogP contribution in [0.25, 0.3) is 0 Å². The summed E-state index contributed by atoms with van der Waals surface area (Å²) in [6.45, 7) is 2.31. The van der Waals surface area contributed by atoms with Gasteiger partial charge in [0.25, 0.3) is 0 Å². The first-order valence-corrected chi connectivity index (χ1v) is 6.77. The average Bonchev–Trinajstić information content (AvgIpc) is 2.06. The zero-order chi connectivity index (χ0) is 8.86. The molecule has 0 nitrogen and oxygen atoms in total. The van der Waals surface area contributed by atoms with Crippen LogP contribution in [-0.2, 0) is 0 Å². The van der Waals surface area contributed by atoms with Crippen molar-refractivity contribution in [3.05, 3.63) is 0 Å². The van der Waals surface area contributed by atoms with Gasteiger partial charge in [0.15, 0.2) is 0 Å². The third kappa shape index (κ3) is 3.30. The molecule has 0 amide bonds. The van der Waals surface area contributed by atoms with Gasteiger partial charge in [0, 0.05) is 10.2 Å². The maximum atomic E-state index is 2.31. The number of hydrogen-bond donors (Lipinski definition) is 0. The Hall–Kier alpha value is 0.217. The van der Waals surface area contributed by atoms with Crippen LogP contribution in [0.4, 0.5) is 0 Å². The lowest BCUT2D eigenvalue weighted by Gasteiger charge is -2.33. The van der Waals surface area contributed by atoms with E-state index >= 15 is 0 Å². The van der Waals surface area contributed by atoms with Crippen LogP contribution in [0.3, 0.4) is 0 Å². The number of unbranched alkanes of at least 4 members (excludes halogenated alkanes) is 2. The highest BCUT2D eigenvalue weighted by atomic mass is 28.1. The quantitative estimate of drug-likeness (QED) is 0.465. The maximum absolute atomic E-state index is 2.31. The summed E-state index contributed by atoms with van der Waals surface area (Å²) in [6.07, 6.45) is 13.6. The van der Waals surface area contributed by atoms with E-state index in [1.165, 1.54) is 48.8 Å². The van der Waals surface area contributed by atoms with E-state index in [1.807, 2.05) is 0 Å². The van der Waals surface area contributed by atoms with E-state index < -0.39 is 0 Å². The van der Waals surface area contributed by atoms with Crippen molar-refractivity contribution in [3.63, 3.8) is 0 Å². The summed E-state index contributed by atoms with van der Waals surface area (Å²) >= 11 is 0. The fraction of sp³-hybridized carbons (Fsp3) is 1.00. The highest BCUT2D eigenvalue weighted by Gasteiger charge is 2.25. The van der Waals surface area contributed by atoms with Gasteiger partial charge in [-0.2, -0.15) is 0 Å². The van der Waals surface area contributed by atoms with Crippen molar-refractivity contribution in [1.29, 1.82) is 0 Å². The van der Waals surface area contributed by atoms with Gasteiger partial charge in [-0.15, -0.1) is 0 Å². The van der Waals surface area contributed by atoms with Crippen molar-refractivity contribution >= 4 is 10.2 Å². The second kappa shape index (κ2) is 5.06. The summed E-state index contributed by atoms with van der Waals surface area (Å²) in [7, 11) is 1.45. The maximum Gasteiger partial charge on any atom is 0.0106 e. The van der Waals surface area contributed by atoms with Crippen LogP contribution in [0.5, 0.6) is 0 Å². The van der Waals surface area contributed by atoms with Crippen molar-refractivity contribution in [2.45, 2.75) is 69.7 Å². The molecule has 12 heavy (non-hydrogen) atoms. The molecule has 0 aromatic rings. The van der Waals surface area contributed by atoms with E-state index in [9.17, 15) is 0 Å². The standard InChI is InChI=1S/C11H24Si/c1-2-3-5-8-11(12)9-6-4-7-10-11/h2-10H2,1,12H3. The van der Waals surface area contributed by atoms with Crippen LogP contribution < -0.4 is 0 Å². The largest absolute Gasteiger partial charge is 0.0654 e. The topological polar surface area (TPSA) is 0 Å². The molecular weight excluding hydrogens is 160 g/mol. The molecule has 1 aliphatic rings. The molecule has 0 atom stereocenters. The number of rotatable bonds is 4. The molecule has 1 rings (SSSR count). The van der Waals surface area contributed by atoms with Crippen LogP contribution in [-0.4, -0.2) is 10.2 Å². The smallest absolute Gasteiger partial charge is 0.0106 e. The van der Waals surface area contributed by atoms with Crippen LogP contribution in [0, 0.1) is 0 Å². The lowest BCUT2D eigenvalue weighted by atomic mass is 9.84. The molecule has 1 fully saturated rings. The van der Waals surface area contributed by atoms with Gasteiger partial charge < -0.3 is 0 Å². The van der Waals surface area contributed by atoms with Gasteiger partial charge in [-0.3, -0.25) is 0 Å². The minimum Gasteiger partial charge on any atom is -0.0654 e. The first-order chi connectivity index (χ1) is 5.77.